The van der Waals surface area contributed by atoms with Crippen LogP contribution >= 0.6 is 11.3 Å². The highest BCUT2D eigenvalue weighted by Gasteiger charge is 2.35. The molecule has 2 atom stereocenters. The molecule has 2 aromatic carbocycles. The zero-order chi connectivity index (χ0) is 30.8. The highest BCUT2D eigenvalue weighted by molar-refractivity contribution is 7.83. The molecule has 10 nitrogen and oxygen atoms in total. The highest BCUT2D eigenvalue weighted by Crippen LogP contribution is 2.39. The van der Waals surface area contributed by atoms with Crippen molar-refractivity contribution in [2.45, 2.75) is 38.1 Å². The van der Waals surface area contributed by atoms with Gasteiger partial charge in [0, 0.05) is 17.7 Å². The number of nitrogens with two attached hydrogens (primary N) is 1. The Labute approximate surface area is 244 Å². The predicted octanol–water partition coefficient (Wildman–Crippen LogP) is 5.12. The molecule has 2 heterocycles. The molecule has 0 saturated heterocycles. The molecule has 226 valence electrons. The third-order valence-electron chi connectivity index (χ3n) is 6.52. The summed E-state index contributed by atoms with van der Waals surface area (Å²) in [6, 6.07) is 10.9. The molecule has 0 aliphatic heterocycles. The zero-order valence-electron chi connectivity index (χ0n) is 22.9. The number of thiophene rings is 1. The summed E-state index contributed by atoms with van der Waals surface area (Å²) >= 11 is 0.973. The van der Waals surface area contributed by atoms with Crippen LogP contribution in [-0.2, 0) is 16.5 Å². The van der Waals surface area contributed by atoms with Crippen LogP contribution in [0.2, 0.25) is 0 Å². The van der Waals surface area contributed by atoms with Gasteiger partial charge in [-0.2, -0.15) is 26.3 Å². The maximum Gasteiger partial charge on any atom is 0.416 e. The fourth-order valence-electron chi connectivity index (χ4n) is 4.61. The maximum atomic E-state index is 13.6. The molecule has 0 spiro atoms. The number of halogens is 3. The van der Waals surface area contributed by atoms with E-state index in [0.29, 0.717) is 41.0 Å². The van der Waals surface area contributed by atoms with Gasteiger partial charge in [0.05, 0.1) is 16.6 Å². The van der Waals surface area contributed by atoms with Crippen molar-refractivity contribution in [3.63, 3.8) is 0 Å². The van der Waals surface area contributed by atoms with E-state index in [1.807, 2.05) is 19.0 Å². The van der Waals surface area contributed by atoms with Crippen LogP contribution in [-0.4, -0.2) is 54.0 Å². The van der Waals surface area contributed by atoms with Crippen LogP contribution in [0.4, 0.5) is 13.2 Å². The molecule has 0 aliphatic carbocycles. The topological polar surface area (TPSA) is 140 Å². The normalized spacial score (nSPS) is 13.9. The molecule has 0 bridgehead atoms. The number of rotatable bonds is 12. The fourth-order valence-corrected chi connectivity index (χ4v) is 6.15. The summed E-state index contributed by atoms with van der Waals surface area (Å²) in [5.41, 5.74) is 6.33. The lowest BCUT2D eigenvalue weighted by molar-refractivity contribution is -0.139. The van der Waals surface area contributed by atoms with Crippen molar-refractivity contribution in [2.75, 3.05) is 20.6 Å². The number of amides is 1. The predicted molar refractivity (Wildman–Crippen MR) is 153 cm³/mol. The molecule has 1 amide bonds. The zero-order valence-corrected chi connectivity index (χ0v) is 24.6. The Morgan fingerprint density at radius 2 is 1.93 bits per heavy atom. The Hall–Kier alpha value is -3.50. The number of primary amides is 1. The van der Waals surface area contributed by atoms with Gasteiger partial charge in [0.2, 0.25) is 0 Å². The second kappa shape index (κ2) is 12.4. The lowest BCUT2D eigenvalue weighted by Gasteiger charge is -2.19. The van der Waals surface area contributed by atoms with Crippen molar-refractivity contribution in [3.05, 3.63) is 76.4 Å². The van der Waals surface area contributed by atoms with Gasteiger partial charge in [-0.1, -0.05) is 24.3 Å². The van der Waals surface area contributed by atoms with Gasteiger partial charge in [0.1, 0.15) is 28.1 Å². The van der Waals surface area contributed by atoms with E-state index in [0.717, 1.165) is 17.4 Å². The number of benzene rings is 2. The van der Waals surface area contributed by atoms with Gasteiger partial charge in [-0.3, -0.25) is 13.9 Å². The number of aromatic nitrogens is 2. The molecule has 4 aromatic rings. The first-order chi connectivity index (χ1) is 19.6. The minimum absolute atomic E-state index is 0.00828. The number of hydrogen-bond donors (Lipinski definition) is 3. The molecule has 0 saturated carbocycles. The van der Waals surface area contributed by atoms with Crippen molar-refractivity contribution in [1.29, 1.82) is 0 Å². The number of ether oxygens (including phenoxy) is 1. The van der Waals surface area contributed by atoms with Gasteiger partial charge in [-0.25, -0.2) is 4.98 Å². The monoisotopic (exact) mass is 625 g/mol. The van der Waals surface area contributed by atoms with Crippen LogP contribution in [0.15, 0.2) is 54.9 Å². The average Bonchev–Trinajstić information content (AvgIpc) is 3.50. The maximum absolute atomic E-state index is 13.6. The van der Waals surface area contributed by atoms with E-state index in [1.54, 1.807) is 22.8 Å². The number of carbonyl (C=O) groups excluding carboxylic acids is 1. The minimum Gasteiger partial charge on any atom is -0.484 e. The lowest BCUT2D eigenvalue weighted by Crippen LogP contribution is -2.28. The molecule has 1 unspecified atom stereocenters. The summed E-state index contributed by atoms with van der Waals surface area (Å²) in [6.45, 7) is 2.15. The average molecular weight is 626 g/mol. The van der Waals surface area contributed by atoms with Crippen molar-refractivity contribution < 1.29 is 35.7 Å². The van der Waals surface area contributed by atoms with E-state index in [4.69, 9.17) is 10.5 Å². The first-order valence-electron chi connectivity index (χ1n) is 12.8. The van der Waals surface area contributed by atoms with Gasteiger partial charge in [0.25, 0.3) is 5.91 Å². The van der Waals surface area contributed by atoms with Gasteiger partial charge in [-0.05, 0) is 64.2 Å². The second-order valence-corrected chi connectivity index (χ2v) is 12.2. The largest absolute Gasteiger partial charge is 0.484 e. The van der Waals surface area contributed by atoms with Crippen LogP contribution < -0.4 is 15.2 Å². The summed E-state index contributed by atoms with van der Waals surface area (Å²) in [6.07, 6.45) is -3.13. The Balaban J connectivity index is 1.71. The standard InChI is InChI=1S/C27H30F3N5O5S2/c1-16(18-7-4-5-8-19(18)27(28,29)30)40-23-14-24(41-25(23)26(31)36)35-15-32-21-11-10-17(13-22(21)35)20(33-42(37,38)39)9-6-12-34(2)3/h4-5,7-8,10-11,13-16,20,33H,6,9,12H2,1-3H3,(H2,31,36)(H,37,38,39)/t16-,20?/m1/s1. The van der Waals surface area contributed by atoms with Crippen LogP contribution in [0.1, 0.15) is 58.3 Å². The minimum atomic E-state index is -4.59. The highest BCUT2D eigenvalue weighted by atomic mass is 32.2. The van der Waals surface area contributed by atoms with Crippen molar-refractivity contribution in [3.8, 4) is 10.8 Å². The van der Waals surface area contributed by atoms with Crippen LogP contribution in [0, 0.1) is 0 Å². The molecule has 0 aliphatic rings. The molecule has 42 heavy (non-hydrogen) atoms. The number of nitrogens with zero attached hydrogens (tertiary/aromatic N) is 3. The summed E-state index contributed by atoms with van der Waals surface area (Å²) < 4.78 is 83.4. The van der Waals surface area contributed by atoms with Gasteiger partial charge < -0.3 is 15.4 Å². The Kier molecular flexibility index (Phi) is 9.27. The van der Waals surface area contributed by atoms with Crippen LogP contribution in [0.3, 0.4) is 0 Å². The smallest absolute Gasteiger partial charge is 0.416 e. The Morgan fingerprint density at radius 1 is 1.21 bits per heavy atom. The Morgan fingerprint density at radius 3 is 2.57 bits per heavy atom. The van der Waals surface area contributed by atoms with Gasteiger partial charge >= 0.3 is 16.5 Å². The third kappa shape index (κ3) is 7.46. The molecule has 4 N–H and O–H groups in total. The van der Waals surface area contributed by atoms with E-state index in [2.05, 4.69) is 9.71 Å². The number of fused-ring (bicyclic) bond motifs is 1. The number of hydrogen-bond acceptors (Lipinski definition) is 7. The first kappa shape index (κ1) is 31.4. The van der Waals surface area contributed by atoms with E-state index in [9.17, 15) is 30.9 Å². The summed E-state index contributed by atoms with van der Waals surface area (Å²) in [4.78, 5) is 18.6. The molecule has 4 rings (SSSR count). The van der Waals surface area contributed by atoms with Crippen molar-refractivity contribution >= 4 is 38.6 Å². The van der Waals surface area contributed by atoms with E-state index < -0.39 is 40.1 Å². The van der Waals surface area contributed by atoms with Gasteiger partial charge in [0.15, 0.2) is 0 Å². The van der Waals surface area contributed by atoms with Gasteiger partial charge in [-0.15, -0.1) is 11.3 Å². The molecule has 15 heteroatoms. The number of nitrogens with one attached hydrogen (secondary N) is 1. The lowest BCUT2D eigenvalue weighted by atomic mass is 10.0. The molecule has 2 aromatic heterocycles. The van der Waals surface area contributed by atoms with Crippen molar-refractivity contribution in [2.24, 2.45) is 5.73 Å². The number of alkyl halides is 3. The summed E-state index contributed by atoms with van der Waals surface area (Å²) in [7, 11) is -0.718. The van der Waals surface area contributed by atoms with E-state index >= 15 is 0 Å². The van der Waals surface area contributed by atoms with E-state index in [-0.39, 0.29) is 16.2 Å². The fraction of sp³-hybridized carbons (Fsp3) is 0.333. The Bertz CT molecular complexity index is 1680. The quantitative estimate of drug-likeness (QED) is 0.186. The molecule has 0 fully saturated rings. The molecular formula is C27H30F3N5O5S2. The van der Waals surface area contributed by atoms with Crippen LogP contribution in [0.25, 0.3) is 16.0 Å². The third-order valence-corrected chi connectivity index (χ3v) is 8.23. The summed E-state index contributed by atoms with van der Waals surface area (Å²) in [5, 5.41) is 0.446. The first-order valence-corrected chi connectivity index (χ1v) is 15.0. The SMILES string of the molecule is C[C@@H](Oc1cc(-n2cnc3ccc(C(CCCN(C)C)NS(=O)(=O)O)cc32)sc1C(N)=O)c1ccccc1C(F)(F)F. The second-order valence-electron chi connectivity index (χ2n) is 9.94. The summed E-state index contributed by atoms with van der Waals surface area (Å²) in [5.74, 6) is -0.805. The number of imidazole rings is 1. The molecular weight excluding hydrogens is 595 g/mol. The van der Waals surface area contributed by atoms with Crippen molar-refractivity contribution in [1.82, 2.24) is 19.2 Å². The van der Waals surface area contributed by atoms with Crippen LogP contribution in [0.5, 0.6) is 5.75 Å². The van der Waals surface area contributed by atoms with E-state index in [1.165, 1.54) is 37.5 Å². The molecule has 0 radical (unpaired) electrons. The number of carbonyl (C=O) groups is 1.